The highest BCUT2D eigenvalue weighted by molar-refractivity contribution is 5.97. The number of hydrogen-bond acceptors (Lipinski definition) is 3. The highest BCUT2D eigenvalue weighted by Gasteiger charge is 2.39. The van der Waals surface area contributed by atoms with Gasteiger partial charge in [-0.1, -0.05) is 19.9 Å². The Balaban J connectivity index is 2.19. The number of anilines is 1. The number of nitrogens with zero attached hydrogens (tertiary/aromatic N) is 2. The lowest BCUT2D eigenvalue weighted by molar-refractivity contribution is -0.129. The number of nitrogens with one attached hydrogen (secondary N) is 1. The number of nitriles is 1. The molecule has 1 fully saturated rings. The molecular formula is C17H23N3O. The van der Waals surface area contributed by atoms with Gasteiger partial charge >= 0.3 is 0 Å². The average molecular weight is 285 g/mol. The van der Waals surface area contributed by atoms with Crippen molar-refractivity contribution in [2.45, 2.75) is 26.7 Å². The van der Waals surface area contributed by atoms with E-state index in [0.29, 0.717) is 11.5 Å². The Bertz CT molecular complexity index is 553. The van der Waals surface area contributed by atoms with E-state index >= 15 is 0 Å². The molecule has 1 aliphatic rings. The quantitative estimate of drug-likeness (QED) is 0.928. The maximum absolute atomic E-state index is 12.9. The molecule has 1 heterocycles. The minimum Gasteiger partial charge on any atom is -0.316 e. The average Bonchev–Trinajstić information content (AvgIpc) is 2.54. The summed E-state index contributed by atoms with van der Waals surface area (Å²) in [5.74, 6) is 0.451. The van der Waals surface area contributed by atoms with Crippen LogP contribution in [0.1, 0.15) is 32.3 Å². The third-order valence-corrected chi connectivity index (χ3v) is 4.54. The van der Waals surface area contributed by atoms with Gasteiger partial charge in [-0.3, -0.25) is 4.79 Å². The Kier molecular flexibility index (Phi) is 4.64. The van der Waals surface area contributed by atoms with Gasteiger partial charge in [-0.05, 0) is 50.0 Å². The van der Waals surface area contributed by atoms with Crippen LogP contribution in [0, 0.1) is 22.7 Å². The van der Waals surface area contributed by atoms with Gasteiger partial charge in [0.1, 0.15) is 0 Å². The molecular weight excluding hydrogens is 262 g/mol. The number of piperidine rings is 1. The van der Waals surface area contributed by atoms with E-state index in [4.69, 9.17) is 5.26 Å². The molecule has 4 heteroatoms. The number of benzene rings is 1. The van der Waals surface area contributed by atoms with Crippen molar-refractivity contribution in [3.63, 3.8) is 0 Å². The van der Waals surface area contributed by atoms with E-state index in [9.17, 15) is 4.79 Å². The topological polar surface area (TPSA) is 56.1 Å². The maximum Gasteiger partial charge on any atom is 0.232 e. The van der Waals surface area contributed by atoms with Crippen LogP contribution >= 0.6 is 0 Å². The second kappa shape index (κ2) is 6.28. The van der Waals surface area contributed by atoms with Gasteiger partial charge in [0.2, 0.25) is 5.91 Å². The lowest BCUT2D eigenvalue weighted by Gasteiger charge is -2.38. The number of carbonyl (C=O) groups excluding carboxylic acids is 1. The first-order valence-corrected chi connectivity index (χ1v) is 7.46. The Hall–Kier alpha value is -1.86. The fourth-order valence-corrected chi connectivity index (χ4v) is 2.98. The molecule has 1 N–H and O–H groups in total. The maximum atomic E-state index is 12.9. The normalized spacial score (nSPS) is 18.9. The molecule has 1 aromatic carbocycles. The van der Waals surface area contributed by atoms with Crippen molar-refractivity contribution in [1.82, 2.24) is 5.32 Å². The highest BCUT2D eigenvalue weighted by Crippen LogP contribution is 2.34. The summed E-state index contributed by atoms with van der Waals surface area (Å²) in [6.45, 7) is 5.99. The van der Waals surface area contributed by atoms with Crippen LogP contribution < -0.4 is 10.2 Å². The molecule has 1 amide bonds. The second-order valence-electron chi connectivity index (χ2n) is 6.29. The molecule has 0 saturated carbocycles. The molecule has 0 aromatic heterocycles. The Morgan fingerprint density at radius 3 is 2.86 bits per heavy atom. The molecule has 1 unspecified atom stereocenters. The third-order valence-electron chi connectivity index (χ3n) is 4.54. The number of hydrogen-bond donors (Lipinski definition) is 1. The molecule has 0 spiro atoms. The van der Waals surface area contributed by atoms with Crippen LogP contribution in [0.5, 0.6) is 0 Å². The molecule has 1 aromatic rings. The van der Waals surface area contributed by atoms with Gasteiger partial charge in [0.25, 0.3) is 0 Å². The molecule has 1 aliphatic heterocycles. The van der Waals surface area contributed by atoms with Crippen molar-refractivity contribution in [3.8, 4) is 6.07 Å². The highest BCUT2D eigenvalue weighted by atomic mass is 16.2. The van der Waals surface area contributed by atoms with Crippen LogP contribution in [0.3, 0.4) is 0 Å². The van der Waals surface area contributed by atoms with Crippen molar-refractivity contribution in [2.75, 3.05) is 25.0 Å². The first-order chi connectivity index (χ1) is 9.96. The molecule has 112 valence electrons. The van der Waals surface area contributed by atoms with E-state index in [2.05, 4.69) is 11.4 Å². The Morgan fingerprint density at radius 1 is 1.48 bits per heavy atom. The Labute approximate surface area is 126 Å². The number of carbonyl (C=O) groups is 1. The first kappa shape index (κ1) is 15.5. The van der Waals surface area contributed by atoms with Crippen molar-refractivity contribution in [3.05, 3.63) is 29.8 Å². The Morgan fingerprint density at radius 2 is 2.24 bits per heavy atom. The van der Waals surface area contributed by atoms with Gasteiger partial charge in [-0.25, -0.2) is 0 Å². The SMILES string of the molecule is CN(C(=O)C(C)(C)C1CCCNC1)c1cccc(C#N)c1. The predicted octanol–water partition coefficient (Wildman–Crippen LogP) is 2.55. The number of amides is 1. The van der Waals surface area contributed by atoms with Crippen LogP contribution in [-0.2, 0) is 4.79 Å². The summed E-state index contributed by atoms with van der Waals surface area (Å²) in [6.07, 6.45) is 2.20. The molecule has 1 atom stereocenters. The van der Waals surface area contributed by atoms with Crippen LogP contribution in [0.15, 0.2) is 24.3 Å². The first-order valence-electron chi connectivity index (χ1n) is 7.46. The molecule has 2 rings (SSSR count). The van der Waals surface area contributed by atoms with Crippen LogP contribution in [0.4, 0.5) is 5.69 Å². The molecule has 0 aliphatic carbocycles. The lowest BCUT2D eigenvalue weighted by Crippen LogP contribution is -2.48. The summed E-state index contributed by atoms with van der Waals surface area (Å²) in [4.78, 5) is 14.6. The zero-order valence-corrected chi connectivity index (χ0v) is 13.0. The lowest BCUT2D eigenvalue weighted by atomic mass is 9.74. The van der Waals surface area contributed by atoms with E-state index in [1.807, 2.05) is 26.0 Å². The number of rotatable bonds is 3. The zero-order valence-electron chi connectivity index (χ0n) is 13.0. The van der Waals surface area contributed by atoms with Gasteiger partial charge in [-0.2, -0.15) is 5.26 Å². The summed E-state index contributed by atoms with van der Waals surface area (Å²) in [5.41, 5.74) is 0.936. The monoisotopic (exact) mass is 285 g/mol. The van der Waals surface area contributed by atoms with Gasteiger partial charge < -0.3 is 10.2 Å². The van der Waals surface area contributed by atoms with E-state index in [0.717, 1.165) is 31.6 Å². The van der Waals surface area contributed by atoms with Crippen LogP contribution in [0.2, 0.25) is 0 Å². The van der Waals surface area contributed by atoms with E-state index < -0.39 is 5.41 Å². The van der Waals surface area contributed by atoms with Crippen molar-refractivity contribution < 1.29 is 4.79 Å². The fourth-order valence-electron chi connectivity index (χ4n) is 2.98. The molecule has 1 saturated heterocycles. The van der Waals surface area contributed by atoms with Gasteiger partial charge in [0, 0.05) is 18.2 Å². The van der Waals surface area contributed by atoms with Gasteiger partial charge in [0.05, 0.1) is 11.6 Å². The van der Waals surface area contributed by atoms with E-state index in [1.165, 1.54) is 0 Å². The standard InChI is InChI=1S/C17H23N3O/c1-17(2,14-7-5-9-19-12-14)16(21)20(3)15-8-4-6-13(10-15)11-18/h4,6,8,10,14,19H,5,7,9,12H2,1-3H3. The van der Waals surface area contributed by atoms with Crippen molar-refractivity contribution >= 4 is 11.6 Å². The van der Waals surface area contributed by atoms with Crippen LogP contribution in [-0.4, -0.2) is 26.0 Å². The molecule has 0 bridgehead atoms. The molecule has 4 nitrogen and oxygen atoms in total. The second-order valence-corrected chi connectivity index (χ2v) is 6.29. The van der Waals surface area contributed by atoms with E-state index in [-0.39, 0.29) is 5.91 Å². The predicted molar refractivity (Wildman–Crippen MR) is 83.9 cm³/mol. The summed E-state index contributed by atoms with van der Waals surface area (Å²) in [5, 5.41) is 12.4. The van der Waals surface area contributed by atoms with Gasteiger partial charge in [-0.15, -0.1) is 0 Å². The van der Waals surface area contributed by atoms with Crippen molar-refractivity contribution in [1.29, 1.82) is 5.26 Å². The zero-order chi connectivity index (χ0) is 15.5. The smallest absolute Gasteiger partial charge is 0.232 e. The van der Waals surface area contributed by atoms with Crippen LogP contribution in [0.25, 0.3) is 0 Å². The van der Waals surface area contributed by atoms with Gasteiger partial charge in [0.15, 0.2) is 0 Å². The largest absolute Gasteiger partial charge is 0.316 e. The molecule has 21 heavy (non-hydrogen) atoms. The summed E-state index contributed by atoms with van der Waals surface area (Å²) >= 11 is 0. The molecule has 0 radical (unpaired) electrons. The van der Waals surface area contributed by atoms with E-state index in [1.54, 1.807) is 24.1 Å². The summed E-state index contributed by atoms with van der Waals surface area (Å²) in [7, 11) is 1.79. The minimum absolute atomic E-state index is 0.103. The minimum atomic E-state index is -0.412. The summed E-state index contributed by atoms with van der Waals surface area (Å²) < 4.78 is 0. The fraction of sp³-hybridized carbons (Fsp3) is 0.529. The third kappa shape index (κ3) is 3.25. The van der Waals surface area contributed by atoms with Crippen molar-refractivity contribution in [2.24, 2.45) is 11.3 Å². The summed E-state index contributed by atoms with van der Waals surface area (Å²) in [6, 6.07) is 9.30.